The molecule has 6 nitrogen and oxygen atoms in total. The molecule has 2 amide bonds. The van der Waals surface area contributed by atoms with E-state index >= 15 is 0 Å². The van der Waals surface area contributed by atoms with E-state index in [-0.39, 0.29) is 23.8 Å². The molecular formula is C24H33F2N3O3S. The van der Waals surface area contributed by atoms with Gasteiger partial charge in [-0.1, -0.05) is 20.3 Å². The Kier molecular flexibility index (Phi) is 9.91. The van der Waals surface area contributed by atoms with Crippen LogP contribution in [0.4, 0.5) is 13.9 Å². The second-order valence-electron chi connectivity index (χ2n) is 9.03. The number of halogens is 2. The van der Waals surface area contributed by atoms with Gasteiger partial charge in [-0.3, -0.25) is 9.59 Å². The summed E-state index contributed by atoms with van der Waals surface area (Å²) in [4.78, 5) is 30.4. The molecule has 2 atom stereocenters. The Bertz CT molecular complexity index is 923. The summed E-state index contributed by atoms with van der Waals surface area (Å²) in [7, 11) is 0. The van der Waals surface area contributed by atoms with E-state index in [0.717, 1.165) is 35.9 Å². The quantitative estimate of drug-likeness (QED) is 0.401. The van der Waals surface area contributed by atoms with Crippen molar-refractivity contribution in [3.05, 3.63) is 46.5 Å². The van der Waals surface area contributed by atoms with E-state index in [1.165, 1.54) is 11.3 Å². The first-order valence-corrected chi connectivity index (χ1v) is 12.0. The van der Waals surface area contributed by atoms with Crippen molar-refractivity contribution in [3.8, 4) is 0 Å². The SMILES string of the molecule is CCCC(NC(=O)Cc1cc(F)cc(F)c1)C(=O)Nc1ncc(C(C)CCCC(C)(C)O)s1. The Morgan fingerprint density at radius 3 is 2.45 bits per heavy atom. The smallest absolute Gasteiger partial charge is 0.248 e. The molecule has 0 fully saturated rings. The average molecular weight is 482 g/mol. The molecule has 1 heterocycles. The number of thiazole rings is 1. The predicted molar refractivity (Wildman–Crippen MR) is 126 cm³/mol. The molecule has 3 N–H and O–H groups in total. The summed E-state index contributed by atoms with van der Waals surface area (Å²) in [5.74, 6) is -2.14. The van der Waals surface area contributed by atoms with Gasteiger partial charge in [0.15, 0.2) is 5.13 Å². The summed E-state index contributed by atoms with van der Waals surface area (Å²) in [5.41, 5.74) is -0.488. The molecule has 0 spiro atoms. The maximum absolute atomic E-state index is 13.4. The topological polar surface area (TPSA) is 91.3 Å². The lowest BCUT2D eigenvalue weighted by molar-refractivity contribution is -0.126. The molecule has 0 bridgehead atoms. The van der Waals surface area contributed by atoms with Crippen molar-refractivity contribution in [2.45, 2.75) is 83.8 Å². The maximum atomic E-state index is 13.4. The summed E-state index contributed by atoms with van der Waals surface area (Å²) in [6.07, 6.45) is 5.07. The molecule has 0 aliphatic heterocycles. The van der Waals surface area contributed by atoms with E-state index in [1.54, 1.807) is 20.0 Å². The molecule has 33 heavy (non-hydrogen) atoms. The third-order valence-corrected chi connectivity index (χ3v) is 6.33. The molecule has 0 radical (unpaired) electrons. The molecule has 0 aliphatic rings. The van der Waals surface area contributed by atoms with Gasteiger partial charge in [0.25, 0.3) is 0 Å². The second-order valence-corrected chi connectivity index (χ2v) is 10.1. The van der Waals surface area contributed by atoms with Crippen molar-refractivity contribution in [2.24, 2.45) is 0 Å². The molecule has 2 unspecified atom stereocenters. The largest absolute Gasteiger partial charge is 0.390 e. The maximum Gasteiger partial charge on any atom is 0.248 e. The van der Waals surface area contributed by atoms with Gasteiger partial charge in [-0.25, -0.2) is 13.8 Å². The Hall–Kier alpha value is -2.39. The van der Waals surface area contributed by atoms with Crippen LogP contribution in [-0.2, 0) is 16.0 Å². The van der Waals surface area contributed by atoms with E-state index < -0.39 is 29.2 Å². The summed E-state index contributed by atoms with van der Waals surface area (Å²) < 4.78 is 26.7. The molecule has 1 aromatic heterocycles. The normalized spacial score (nSPS) is 13.4. The van der Waals surface area contributed by atoms with Crippen LogP contribution in [0.1, 0.15) is 76.2 Å². The lowest BCUT2D eigenvalue weighted by Gasteiger charge is -2.18. The molecule has 2 aromatic rings. The fourth-order valence-corrected chi connectivity index (χ4v) is 4.35. The Morgan fingerprint density at radius 2 is 1.85 bits per heavy atom. The zero-order valence-electron chi connectivity index (χ0n) is 19.6. The molecule has 1 aromatic carbocycles. The summed E-state index contributed by atoms with van der Waals surface area (Å²) in [6, 6.07) is 2.15. The van der Waals surface area contributed by atoms with Crippen LogP contribution in [0.5, 0.6) is 0 Å². The highest BCUT2D eigenvalue weighted by Gasteiger charge is 2.22. The van der Waals surface area contributed by atoms with Crippen molar-refractivity contribution in [3.63, 3.8) is 0 Å². The van der Waals surface area contributed by atoms with Crippen molar-refractivity contribution < 1.29 is 23.5 Å². The highest BCUT2D eigenvalue weighted by atomic mass is 32.1. The number of anilines is 1. The number of hydrogen-bond donors (Lipinski definition) is 3. The highest BCUT2D eigenvalue weighted by Crippen LogP contribution is 2.30. The number of benzene rings is 1. The zero-order valence-corrected chi connectivity index (χ0v) is 20.4. The minimum Gasteiger partial charge on any atom is -0.390 e. The lowest BCUT2D eigenvalue weighted by atomic mass is 9.96. The predicted octanol–water partition coefficient (Wildman–Crippen LogP) is 4.93. The van der Waals surface area contributed by atoms with Gasteiger partial charge in [-0.2, -0.15) is 0 Å². The van der Waals surface area contributed by atoms with Gasteiger partial charge in [0.2, 0.25) is 11.8 Å². The van der Waals surface area contributed by atoms with Gasteiger partial charge in [0.1, 0.15) is 17.7 Å². The van der Waals surface area contributed by atoms with E-state index in [1.807, 2.05) is 6.92 Å². The Labute approximate surface area is 197 Å². The number of hydrogen-bond acceptors (Lipinski definition) is 5. The van der Waals surface area contributed by atoms with E-state index in [9.17, 15) is 23.5 Å². The molecule has 2 rings (SSSR count). The minimum atomic E-state index is -0.780. The number of carbonyl (C=O) groups excluding carboxylic acids is 2. The van der Waals surface area contributed by atoms with Crippen molar-refractivity contribution >= 4 is 28.3 Å². The van der Waals surface area contributed by atoms with Gasteiger partial charge in [-0.15, -0.1) is 11.3 Å². The minimum absolute atomic E-state index is 0.198. The fraction of sp³-hybridized carbons (Fsp3) is 0.542. The third kappa shape index (κ3) is 9.55. The van der Waals surface area contributed by atoms with Crippen molar-refractivity contribution in [1.29, 1.82) is 0 Å². The first-order valence-electron chi connectivity index (χ1n) is 11.2. The summed E-state index contributed by atoms with van der Waals surface area (Å²) >= 11 is 1.39. The fourth-order valence-electron chi connectivity index (χ4n) is 3.45. The number of aromatic nitrogens is 1. The van der Waals surface area contributed by atoms with Crippen LogP contribution in [0, 0.1) is 11.6 Å². The molecule has 182 valence electrons. The number of nitrogens with zero attached hydrogens (tertiary/aromatic N) is 1. The Morgan fingerprint density at radius 1 is 1.18 bits per heavy atom. The van der Waals surface area contributed by atoms with Crippen LogP contribution >= 0.6 is 11.3 Å². The number of carbonyl (C=O) groups is 2. The Balaban J connectivity index is 1.93. The average Bonchev–Trinajstić information content (AvgIpc) is 3.14. The van der Waals surface area contributed by atoms with E-state index in [0.29, 0.717) is 24.4 Å². The van der Waals surface area contributed by atoms with Gasteiger partial charge in [-0.05, 0) is 63.1 Å². The van der Waals surface area contributed by atoms with Crippen LogP contribution in [0.2, 0.25) is 0 Å². The van der Waals surface area contributed by atoms with Crippen LogP contribution < -0.4 is 10.6 Å². The van der Waals surface area contributed by atoms with Crippen LogP contribution in [0.15, 0.2) is 24.4 Å². The molecule has 9 heteroatoms. The number of nitrogens with one attached hydrogen (secondary N) is 2. The first kappa shape index (κ1) is 26.9. The van der Waals surface area contributed by atoms with Crippen LogP contribution in [-0.4, -0.2) is 33.5 Å². The van der Waals surface area contributed by atoms with Crippen molar-refractivity contribution in [2.75, 3.05) is 5.32 Å². The van der Waals surface area contributed by atoms with Gasteiger partial charge in [0.05, 0.1) is 12.0 Å². The van der Waals surface area contributed by atoms with Gasteiger partial charge < -0.3 is 15.7 Å². The van der Waals surface area contributed by atoms with Gasteiger partial charge >= 0.3 is 0 Å². The second kappa shape index (κ2) is 12.2. The van der Waals surface area contributed by atoms with E-state index in [4.69, 9.17) is 0 Å². The molecular weight excluding hydrogens is 448 g/mol. The zero-order chi connectivity index (χ0) is 24.6. The van der Waals surface area contributed by atoms with Gasteiger partial charge in [0, 0.05) is 17.1 Å². The van der Waals surface area contributed by atoms with Crippen LogP contribution in [0.3, 0.4) is 0 Å². The lowest BCUT2D eigenvalue weighted by Crippen LogP contribution is -2.44. The summed E-state index contributed by atoms with van der Waals surface area (Å²) in [5, 5.41) is 15.7. The third-order valence-electron chi connectivity index (χ3n) is 5.18. The molecule has 0 saturated heterocycles. The number of aliphatic hydroxyl groups is 1. The monoisotopic (exact) mass is 481 g/mol. The highest BCUT2D eigenvalue weighted by molar-refractivity contribution is 7.15. The first-order chi connectivity index (χ1) is 15.5. The molecule has 0 saturated carbocycles. The van der Waals surface area contributed by atoms with E-state index in [2.05, 4.69) is 22.5 Å². The summed E-state index contributed by atoms with van der Waals surface area (Å²) in [6.45, 7) is 7.56. The molecule has 0 aliphatic carbocycles. The number of amides is 2. The van der Waals surface area contributed by atoms with Crippen molar-refractivity contribution in [1.82, 2.24) is 10.3 Å². The standard InChI is InChI=1S/C24H33F2N3O3S/c1-5-7-19(28-21(30)12-16-10-17(25)13-18(26)11-16)22(31)29-23-27-14-20(33-23)15(2)8-6-9-24(3,4)32/h10-11,13-15,19,32H,5-9,12H2,1-4H3,(H,28,30)(H,27,29,31). The van der Waals surface area contributed by atoms with Crippen LogP contribution in [0.25, 0.3) is 0 Å². The number of rotatable bonds is 12.